The highest BCUT2D eigenvalue weighted by atomic mass is 32.2. The second kappa shape index (κ2) is 10.4. The van der Waals surface area contributed by atoms with Gasteiger partial charge >= 0.3 is 6.18 Å². The molecule has 174 valence electrons. The van der Waals surface area contributed by atoms with E-state index in [1.165, 1.54) is 12.1 Å². The van der Waals surface area contributed by atoms with Gasteiger partial charge in [-0.05, 0) is 48.6 Å². The van der Waals surface area contributed by atoms with E-state index in [1.807, 2.05) is 18.2 Å². The predicted octanol–water partition coefficient (Wildman–Crippen LogP) is 3.44. The number of nitrogens with zero attached hydrogens (tertiary/aromatic N) is 1. The van der Waals surface area contributed by atoms with Crippen molar-refractivity contribution in [3.8, 4) is 5.75 Å². The van der Waals surface area contributed by atoms with Crippen LogP contribution in [0.15, 0.2) is 54.6 Å². The van der Waals surface area contributed by atoms with E-state index in [0.717, 1.165) is 12.1 Å². The minimum Gasteiger partial charge on any atom is -0.484 e. The lowest BCUT2D eigenvalue weighted by atomic mass is 9.97. The van der Waals surface area contributed by atoms with Crippen LogP contribution in [-0.4, -0.2) is 45.5 Å². The zero-order valence-corrected chi connectivity index (χ0v) is 18.2. The summed E-state index contributed by atoms with van der Waals surface area (Å²) in [5.74, 6) is 0.198. The number of piperidine rings is 1. The van der Waals surface area contributed by atoms with E-state index in [4.69, 9.17) is 4.74 Å². The lowest BCUT2D eigenvalue weighted by molar-refractivity contribution is -0.137. The van der Waals surface area contributed by atoms with E-state index < -0.39 is 21.8 Å². The third-order valence-corrected chi connectivity index (χ3v) is 6.62. The Bertz CT molecular complexity index is 988. The minimum absolute atomic E-state index is 0.0472. The monoisotopic (exact) mass is 470 g/mol. The number of carbonyl (C=O) groups is 1. The molecule has 0 atom stereocenters. The van der Waals surface area contributed by atoms with Crippen LogP contribution < -0.4 is 9.46 Å². The Balaban J connectivity index is 1.40. The zero-order valence-electron chi connectivity index (χ0n) is 17.3. The molecule has 1 amide bonds. The molecule has 0 spiro atoms. The van der Waals surface area contributed by atoms with E-state index in [0.29, 0.717) is 31.7 Å². The van der Waals surface area contributed by atoms with Crippen LogP contribution >= 0.6 is 0 Å². The average Bonchev–Trinajstić information content (AvgIpc) is 2.77. The third-order valence-electron chi connectivity index (χ3n) is 5.30. The molecule has 0 radical (unpaired) electrons. The lowest BCUT2D eigenvalue weighted by Crippen LogP contribution is -2.43. The molecule has 2 aromatic rings. The number of ether oxygens (including phenoxy) is 1. The van der Waals surface area contributed by atoms with Crippen LogP contribution in [0.25, 0.3) is 0 Å². The number of alkyl halides is 3. The Hall–Kier alpha value is -2.59. The number of sulfonamides is 1. The Kier molecular flexibility index (Phi) is 7.78. The SMILES string of the molecule is O=C(COc1ccccc1)N1CCC(CNS(=O)(=O)Cc2ccc(C(F)(F)F)cc2)CC1. The first-order chi connectivity index (χ1) is 15.1. The Morgan fingerprint density at radius 1 is 1.03 bits per heavy atom. The molecule has 0 bridgehead atoms. The lowest BCUT2D eigenvalue weighted by Gasteiger charge is -2.32. The first kappa shape index (κ1) is 24.1. The maximum atomic E-state index is 12.6. The van der Waals surface area contributed by atoms with Crippen LogP contribution in [0.3, 0.4) is 0 Å². The molecule has 1 saturated heterocycles. The van der Waals surface area contributed by atoms with E-state index >= 15 is 0 Å². The van der Waals surface area contributed by atoms with Crippen molar-refractivity contribution in [2.45, 2.75) is 24.8 Å². The van der Waals surface area contributed by atoms with Gasteiger partial charge < -0.3 is 9.64 Å². The molecular formula is C22H25F3N2O4S. The summed E-state index contributed by atoms with van der Waals surface area (Å²) in [4.78, 5) is 14.0. The number of amides is 1. The van der Waals surface area contributed by atoms with Gasteiger partial charge in [-0.25, -0.2) is 13.1 Å². The zero-order chi connectivity index (χ0) is 23.2. The molecule has 10 heteroatoms. The van der Waals surface area contributed by atoms with Crippen LogP contribution in [0.4, 0.5) is 13.2 Å². The Morgan fingerprint density at radius 3 is 2.25 bits per heavy atom. The van der Waals surface area contributed by atoms with Crippen molar-refractivity contribution >= 4 is 15.9 Å². The van der Waals surface area contributed by atoms with Gasteiger partial charge in [0.2, 0.25) is 10.0 Å². The van der Waals surface area contributed by atoms with Crippen molar-refractivity contribution < 1.29 is 31.1 Å². The quantitative estimate of drug-likeness (QED) is 0.641. The second-order valence-electron chi connectivity index (χ2n) is 7.73. The highest BCUT2D eigenvalue weighted by Crippen LogP contribution is 2.29. The van der Waals surface area contributed by atoms with Gasteiger partial charge in [0, 0.05) is 19.6 Å². The molecule has 1 aliphatic heterocycles. The van der Waals surface area contributed by atoms with Gasteiger partial charge in [0.25, 0.3) is 5.91 Å². The largest absolute Gasteiger partial charge is 0.484 e. The molecule has 1 heterocycles. The molecule has 0 saturated carbocycles. The fourth-order valence-electron chi connectivity index (χ4n) is 3.44. The van der Waals surface area contributed by atoms with Crippen LogP contribution in [0.2, 0.25) is 0 Å². The van der Waals surface area contributed by atoms with Gasteiger partial charge in [0.1, 0.15) is 5.75 Å². The van der Waals surface area contributed by atoms with Crippen LogP contribution in [0.1, 0.15) is 24.0 Å². The van der Waals surface area contributed by atoms with E-state index in [-0.39, 0.29) is 36.3 Å². The Labute approximate surface area is 185 Å². The fraction of sp³-hybridized carbons (Fsp3) is 0.409. The van der Waals surface area contributed by atoms with Gasteiger partial charge in [-0.2, -0.15) is 13.2 Å². The van der Waals surface area contributed by atoms with Crippen LogP contribution in [-0.2, 0) is 26.7 Å². The maximum absolute atomic E-state index is 12.6. The van der Waals surface area contributed by atoms with Crippen molar-refractivity contribution in [2.24, 2.45) is 5.92 Å². The summed E-state index contributed by atoms with van der Waals surface area (Å²) in [5.41, 5.74) is -0.536. The molecule has 6 nitrogen and oxygen atoms in total. The average molecular weight is 471 g/mol. The van der Waals surface area contributed by atoms with Gasteiger partial charge in [-0.1, -0.05) is 30.3 Å². The summed E-state index contributed by atoms with van der Waals surface area (Å²) in [6.07, 6.45) is -3.15. The van der Waals surface area contributed by atoms with Gasteiger partial charge in [-0.15, -0.1) is 0 Å². The van der Waals surface area contributed by atoms with Crippen LogP contribution in [0, 0.1) is 5.92 Å². The van der Waals surface area contributed by atoms with Gasteiger partial charge in [0.15, 0.2) is 6.61 Å². The molecule has 0 aliphatic carbocycles. The number of likely N-dealkylation sites (tertiary alicyclic amines) is 1. The standard InChI is InChI=1S/C22H25F3N2O4S/c23-22(24,25)19-8-6-18(7-9-19)16-32(29,30)26-14-17-10-12-27(13-11-17)21(28)15-31-20-4-2-1-3-5-20/h1-9,17,26H,10-16H2. The highest BCUT2D eigenvalue weighted by molar-refractivity contribution is 7.88. The number of hydrogen-bond acceptors (Lipinski definition) is 4. The molecule has 32 heavy (non-hydrogen) atoms. The minimum atomic E-state index is -4.46. The van der Waals surface area contributed by atoms with Crippen molar-refractivity contribution in [3.63, 3.8) is 0 Å². The smallest absolute Gasteiger partial charge is 0.416 e. The van der Waals surface area contributed by atoms with Crippen molar-refractivity contribution in [2.75, 3.05) is 26.2 Å². The number of benzene rings is 2. The maximum Gasteiger partial charge on any atom is 0.416 e. The number of halogens is 3. The molecule has 0 unspecified atom stereocenters. The Morgan fingerprint density at radius 2 is 1.66 bits per heavy atom. The molecule has 1 fully saturated rings. The van der Waals surface area contributed by atoms with E-state index in [2.05, 4.69) is 4.72 Å². The van der Waals surface area contributed by atoms with Crippen molar-refractivity contribution in [3.05, 3.63) is 65.7 Å². The number of para-hydroxylation sites is 1. The number of rotatable bonds is 8. The topological polar surface area (TPSA) is 75.7 Å². The van der Waals surface area contributed by atoms with Gasteiger partial charge in [0.05, 0.1) is 11.3 Å². The second-order valence-corrected chi connectivity index (χ2v) is 9.53. The summed E-state index contributed by atoms with van der Waals surface area (Å²) in [5, 5.41) is 0. The summed E-state index contributed by atoms with van der Waals surface area (Å²) in [6.45, 7) is 1.21. The van der Waals surface area contributed by atoms with Crippen molar-refractivity contribution in [1.82, 2.24) is 9.62 Å². The molecule has 0 aromatic heterocycles. The van der Waals surface area contributed by atoms with E-state index in [9.17, 15) is 26.4 Å². The summed E-state index contributed by atoms with van der Waals surface area (Å²) in [6, 6.07) is 13.1. The summed E-state index contributed by atoms with van der Waals surface area (Å²) < 4.78 is 70.5. The fourth-order valence-corrected chi connectivity index (χ4v) is 4.67. The first-order valence-corrected chi connectivity index (χ1v) is 11.9. The highest BCUT2D eigenvalue weighted by Gasteiger charge is 2.30. The summed E-state index contributed by atoms with van der Waals surface area (Å²) in [7, 11) is -3.68. The normalized spacial score (nSPS) is 15.5. The predicted molar refractivity (Wildman–Crippen MR) is 113 cm³/mol. The molecule has 1 aliphatic rings. The third kappa shape index (κ3) is 7.23. The van der Waals surface area contributed by atoms with E-state index in [1.54, 1.807) is 17.0 Å². The molecule has 3 rings (SSSR count). The first-order valence-electron chi connectivity index (χ1n) is 10.2. The molecule has 2 aromatic carbocycles. The molecular weight excluding hydrogens is 445 g/mol. The molecule has 1 N–H and O–H groups in total. The number of hydrogen-bond donors (Lipinski definition) is 1. The summed E-state index contributed by atoms with van der Waals surface area (Å²) >= 11 is 0. The number of carbonyl (C=O) groups excluding carboxylic acids is 1. The van der Waals surface area contributed by atoms with Crippen molar-refractivity contribution in [1.29, 1.82) is 0 Å². The number of nitrogens with one attached hydrogen (secondary N) is 1. The van der Waals surface area contributed by atoms with Gasteiger partial charge in [-0.3, -0.25) is 4.79 Å². The van der Waals surface area contributed by atoms with Crippen LogP contribution in [0.5, 0.6) is 5.75 Å².